The number of nitrogens with one attached hydrogen (secondary N) is 1. The van der Waals surface area contributed by atoms with Crippen LogP contribution in [0.2, 0.25) is 0 Å². The summed E-state index contributed by atoms with van der Waals surface area (Å²) in [6.07, 6.45) is -3.66. The molecule has 1 N–H and O–H groups in total. The van der Waals surface area contributed by atoms with Gasteiger partial charge in [-0.15, -0.1) is 0 Å². The molecule has 1 aromatic heterocycles. The third-order valence-electron chi connectivity index (χ3n) is 5.19. The van der Waals surface area contributed by atoms with Crippen molar-refractivity contribution in [3.05, 3.63) is 66.4 Å². The van der Waals surface area contributed by atoms with E-state index in [0.717, 1.165) is 33.4 Å². The van der Waals surface area contributed by atoms with Crippen LogP contribution in [0.15, 0.2) is 70.8 Å². The van der Waals surface area contributed by atoms with Gasteiger partial charge in [0.1, 0.15) is 0 Å². The number of halogens is 3. The van der Waals surface area contributed by atoms with Gasteiger partial charge in [0, 0.05) is 31.3 Å². The molecule has 0 unspecified atom stereocenters. The number of fused-ring (bicyclic) bond motifs is 1. The first-order valence-electron chi connectivity index (χ1n) is 10.2. The highest BCUT2D eigenvalue weighted by molar-refractivity contribution is 7.89. The second kappa shape index (κ2) is 9.39. The van der Waals surface area contributed by atoms with Crippen molar-refractivity contribution in [2.24, 2.45) is 5.16 Å². The molecule has 0 spiro atoms. The minimum atomic E-state index is -4.64. The lowest BCUT2D eigenvalue weighted by Crippen LogP contribution is -2.38. The standard InChI is InChI=1S/C22H19F3N4O4S/c23-22(24,25)16-5-3-6-19(13-16)34(31,32)29-10-8-17(9-11-29)28-33-21(30)27-18-12-15-4-1-2-7-20(15)26-14-18/h1-7,12-14H,8-11H2,(H,27,30). The number of pyridine rings is 1. The SMILES string of the molecule is O=C(Nc1cnc2ccccc2c1)ON=C1CCN(S(=O)(=O)c2cccc(C(F)(F)F)c2)CC1. The molecule has 3 aromatic rings. The maximum absolute atomic E-state index is 12.9. The Morgan fingerprint density at radius 1 is 1.06 bits per heavy atom. The van der Waals surface area contributed by atoms with Crippen molar-refractivity contribution >= 4 is 38.4 Å². The lowest BCUT2D eigenvalue weighted by molar-refractivity contribution is -0.137. The number of hydrogen-bond acceptors (Lipinski definition) is 6. The number of rotatable bonds is 4. The molecule has 0 atom stereocenters. The Bertz CT molecular complexity index is 1350. The van der Waals surface area contributed by atoms with E-state index in [9.17, 15) is 26.4 Å². The van der Waals surface area contributed by atoms with Crippen LogP contribution in [0.1, 0.15) is 18.4 Å². The van der Waals surface area contributed by atoms with Crippen molar-refractivity contribution in [1.29, 1.82) is 0 Å². The number of oxime groups is 1. The third-order valence-corrected chi connectivity index (χ3v) is 7.09. The smallest absolute Gasteiger partial charge is 0.298 e. The molecule has 178 valence electrons. The van der Waals surface area contributed by atoms with E-state index >= 15 is 0 Å². The van der Waals surface area contributed by atoms with Crippen LogP contribution in [0.25, 0.3) is 10.9 Å². The van der Waals surface area contributed by atoms with E-state index < -0.39 is 32.8 Å². The summed E-state index contributed by atoms with van der Waals surface area (Å²) < 4.78 is 65.4. The van der Waals surface area contributed by atoms with Gasteiger partial charge in [-0.3, -0.25) is 15.1 Å². The summed E-state index contributed by atoms with van der Waals surface area (Å²) >= 11 is 0. The number of alkyl halides is 3. The molecule has 0 radical (unpaired) electrons. The number of hydrogen-bond donors (Lipinski definition) is 1. The number of piperidine rings is 1. The summed E-state index contributed by atoms with van der Waals surface area (Å²) in [7, 11) is -4.11. The quantitative estimate of drug-likeness (QED) is 0.422. The summed E-state index contributed by atoms with van der Waals surface area (Å²) in [6.45, 7) is -0.00598. The summed E-state index contributed by atoms with van der Waals surface area (Å²) in [6, 6.07) is 12.7. The Morgan fingerprint density at radius 3 is 2.53 bits per heavy atom. The van der Waals surface area contributed by atoms with E-state index in [-0.39, 0.29) is 25.9 Å². The first-order valence-corrected chi connectivity index (χ1v) is 11.6. The van der Waals surface area contributed by atoms with Crippen LogP contribution in [0.5, 0.6) is 0 Å². The van der Waals surface area contributed by atoms with Gasteiger partial charge in [-0.05, 0) is 30.3 Å². The molecule has 0 aliphatic carbocycles. The largest absolute Gasteiger partial charge is 0.437 e. The second-order valence-corrected chi connectivity index (χ2v) is 9.45. The van der Waals surface area contributed by atoms with Crippen molar-refractivity contribution in [1.82, 2.24) is 9.29 Å². The number of amides is 1. The van der Waals surface area contributed by atoms with Gasteiger partial charge in [0.2, 0.25) is 10.0 Å². The van der Waals surface area contributed by atoms with Crippen molar-refractivity contribution < 1.29 is 31.2 Å². The molecule has 1 aliphatic rings. The fourth-order valence-corrected chi connectivity index (χ4v) is 4.93. The van der Waals surface area contributed by atoms with Gasteiger partial charge in [0.25, 0.3) is 0 Å². The molecule has 1 fully saturated rings. The molecule has 12 heteroatoms. The molecule has 1 amide bonds. The van der Waals surface area contributed by atoms with E-state index in [1.807, 2.05) is 24.3 Å². The monoisotopic (exact) mass is 492 g/mol. The average Bonchev–Trinajstić information content (AvgIpc) is 2.82. The second-order valence-electron chi connectivity index (χ2n) is 7.51. The lowest BCUT2D eigenvalue weighted by atomic mass is 10.1. The predicted molar refractivity (Wildman–Crippen MR) is 119 cm³/mol. The molecule has 2 heterocycles. The number of anilines is 1. The van der Waals surface area contributed by atoms with E-state index in [1.54, 1.807) is 6.07 Å². The van der Waals surface area contributed by atoms with Crippen LogP contribution < -0.4 is 5.32 Å². The molecule has 0 saturated carbocycles. The van der Waals surface area contributed by atoms with E-state index in [0.29, 0.717) is 17.5 Å². The number of carbonyl (C=O) groups is 1. The average molecular weight is 492 g/mol. The highest BCUT2D eigenvalue weighted by Gasteiger charge is 2.33. The Kier molecular flexibility index (Phi) is 6.53. The highest BCUT2D eigenvalue weighted by atomic mass is 32.2. The Labute approximate surface area is 193 Å². The molecular formula is C22H19F3N4O4S. The Balaban J connectivity index is 1.34. The lowest BCUT2D eigenvalue weighted by Gasteiger charge is -2.26. The van der Waals surface area contributed by atoms with Gasteiger partial charge in [0.15, 0.2) is 0 Å². The van der Waals surface area contributed by atoms with Crippen LogP contribution in [-0.2, 0) is 21.0 Å². The fraction of sp³-hybridized carbons (Fsp3) is 0.227. The van der Waals surface area contributed by atoms with Crippen molar-refractivity contribution in [3.63, 3.8) is 0 Å². The highest BCUT2D eigenvalue weighted by Crippen LogP contribution is 2.31. The van der Waals surface area contributed by atoms with Crippen LogP contribution in [0.4, 0.5) is 23.7 Å². The summed E-state index contributed by atoms with van der Waals surface area (Å²) in [5, 5.41) is 7.14. The normalized spacial score (nSPS) is 15.2. The van der Waals surface area contributed by atoms with Gasteiger partial charge in [-0.25, -0.2) is 13.2 Å². The summed E-state index contributed by atoms with van der Waals surface area (Å²) in [5.41, 5.74) is 0.621. The van der Waals surface area contributed by atoms with Crippen LogP contribution in [0, 0.1) is 0 Å². The number of carbonyl (C=O) groups excluding carboxylic acids is 1. The molecule has 4 rings (SSSR count). The Hall–Kier alpha value is -3.51. The molecule has 8 nitrogen and oxygen atoms in total. The first kappa shape index (κ1) is 23.6. The number of benzene rings is 2. The van der Waals surface area contributed by atoms with Crippen molar-refractivity contribution in [2.45, 2.75) is 23.9 Å². The van der Waals surface area contributed by atoms with Crippen molar-refractivity contribution in [2.75, 3.05) is 18.4 Å². The first-order chi connectivity index (χ1) is 16.1. The molecule has 1 aliphatic heterocycles. The van der Waals surface area contributed by atoms with Gasteiger partial charge < -0.3 is 0 Å². The zero-order valence-corrected chi connectivity index (χ0v) is 18.4. The van der Waals surface area contributed by atoms with Crippen LogP contribution in [-0.4, -0.2) is 42.6 Å². The number of aromatic nitrogens is 1. The van der Waals surface area contributed by atoms with Gasteiger partial charge in [-0.2, -0.15) is 17.5 Å². The predicted octanol–water partition coefficient (Wildman–Crippen LogP) is 4.64. The van der Waals surface area contributed by atoms with E-state index in [4.69, 9.17) is 4.84 Å². The van der Waals surface area contributed by atoms with E-state index in [1.165, 1.54) is 6.20 Å². The molecule has 0 bridgehead atoms. The number of para-hydroxylation sites is 1. The topological polar surface area (TPSA) is 101 Å². The van der Waals surface area contributed by atoms with Gasteiger partial charge in [0.05, 0.1) is 33.6 Å². The zero-order valence-electron chi connectivity index (χ0n) is 17.6. The van der Waals surface area contributed by atoms with Crippen molar-refractivity contribution in [3.8, 4) is 0 Å². The molecule has 1 saturated heterocycles. The molecule has 34 heavy (non-hydrogen) atoms. The van der Waals surface area contributed by atoms with Crippen LogP contribution in [0.3, 0.4) is 0 Å². The molecule has 2 aromatic carbocycles. The minimum Gasteiger partial charge on any atom is -0.298 e. The fourth-order valence-electron chi connectivity index (χ4n) is 3.44. The van der Waals surface area contributed by atoms with Gasteiger partial charge >= 0.3 is 12.3 Å². The molecular weight excluding hydrogens is 473 g/mol. The minimum absolute atomic E-state index is 0.00299. The maximum Gasteiger partial charge on any atom is 0.437 e. The number of sulfonamides is 1. The van der Waals surface area contributed by atoms with Crippen LogP contribution >= 0.6 is 0 Å². The third kappa shape index (κ3) is 5.34. The van der Waals surface area contributed by atoms with Gasteiger partial charge in [-0.1, -0.05) is 29.4 Å². The Morgan fingerprint density at radius 2 is 1.79 bits per heavy atom. The van der Waals surface area contributed by atoms with E-state index in [2.05, 4.69) is 15.5 Å². The summed E-state index contributed by atoms with van der Waals surface area (Å²) in [5.74, 6) is 0. The summed E-state index contributed by atoms with van der Waals surface area (Å²) in [4.78, 5) is 20.7. The number of nitrogens with zero attached hydrogens (tertiary/aromatic N) is 3. The zero-order chi connectivity index (χ0) is 24.3. The maximum atomic E-state index is 12.9.